The average molecular weight is 1370 g/mol. The molecule has 8 rings (SSSR count). The molecule has 5 unspecified atom stereocenters. The molecular formula is C96H122Li4O4. The summed E-state index contributed by atoms with van der Waals surface area (Å²) in [6.07, 6.45) is 39.5. The van der Waals surface area contributed by atoms with Gasteiger partial charge in [-0.1, -0.05) is 335 Å². The Morgan fingerprint density at radius 3 is 1.09 bits per heavy atom. The van der Waals surface area contributed by atoms with Crippen LogP contribution in [0.3, 0.4) is 0 Å². The molecule has 0 saturated carbocycles. The van der Waals surface area contributed by atoms with Crippen LogP contribution in [0.2, 0.25) is 0 Å². The Bertz CT molecular complexity index is 3400. The zero-order valence-electron chi connectivity index (χ0n) is 65.5. The van der Waals surface area contributed by atoms with Crippen LogP contribution < -0.4 is 80.5 Å². The first kappa shape index (κ1) is 106. The summed E-state index contributed by atoms with van der Waals surface area (Å²) < 4.78 is 0. The van der Waals surface area contributed by atoms with Crippen LogP contribution in [-0.4, -0.2) is 12.1 Å². The van der Waals surface area contributed by atoms with Gasteiger partial charge in [-0.25, -0.2) is 0 Å². The number of hydrogen-bond acceptors (Lipinski definition) is 4. The summed E-state index contributed by atoms with van der Waals surface area (Å²) in [5, 5.41) is 10.6. The quantitative estimate of drug-likeness (QED) is 0.0148. The molecule has 5 atom stereocenters. The zero-order valence-corrected chi connectivity index (χ0v) is 65.5. The van der Waals surface area contributed by atoms with E-state index in [2.05, 4.69) is 302 Å². The van der Waals surface area contributed by atoms with Crippen molar-refractivity contribution in [2.24, 2.45) is 0 Å². The maximum absolute atomic E-state index is 10.6. The Labute approximate surface area is 682 Å². The van der Waals surface area contributed by atoms with E-state index >= 15 is 0 Å². The third-order valence-electron chi connectivity index (χ3n) is 16.7. The van der Waals surface area contributed by atoms with Gasteiger partial charge < -0.3 is 16.8 Å². The summed E-state index contributed by atoms with van der Waals surface area (Å²) >= 11 is 0. The summed E-state index contributed by atoms with van der Waals surface area (Å²) in [5.74, 6) is 1.94. The summed E-state index contributed by atoms with van der Waals surface area (Å²) in [4.78, 5) is 26.9. The van der Waals surface area contributed by atoms with Gasteiger partial charge in [0.25, 0.3) is 0 Å². The molecule has 8 aromatic rings. The van der Waals surface area contributed by atoms with E-state index in [0.717, 1.165) is 75.3 Å². The van der Waals surface area contributed by atoms with E-state index < -0.39 is 5.97 Å². The molecule has 0 aliphatic carbocycles. The Balaban J connectivity index is -0.000000390. The summed E-state index contributed by atoms with van der Waals surface area (Å²) in [7, 11) is 0. The van der Waals surface area contributed by atoms with Crippen molar-refractivity contribution in [3.05, 3.63) is 380 Å². The van der Waals surface area contributed by atoms with Gasteiger partial charge >= 0.3 is 81.6 Å². The molecule has 4 nitrogen and oxygen atoms in total. The molecule has 534 valence electrons. The van der Waals surface area contributed by atoms with Gasteiger partial charge in [0.05, 0.1) is 0 Å². The second-order valence-electron chi connectivity index (χ2n) is 24.5. The molecule has 0 fully saturated rings. The van der Waals surface area contributed by atoms with Gasteiger partial charge in [-0.15, -0.1) is 24.3 Å². The molecule has 0 heterocycles. The Morgan fingerprint density at radius 2 is 0.779 bits per heavy atom. The van der Waals surface area contributed by atoms with Crippen molar-refractivity contribution in [3.8, 4) is 0 Å². The molecule has 104 heavy (non-hydrogen) atoms. The van der Waals surface area contributed by atoms with Crippen LogP contribution in [0.1, 0.15) is 235 Å². The number of aryl methyl sites for hydroxylation is 2. The van der Waals surface area contributed by atoms with Crippen LogP contribution in [0, 0.1) is 34.1 Å². The minimum absolute atomic E-state index is 0. The van der Waals surface area contributed by atoms with E-state index in [4.69, 9.17) is 9.59 Å². The van der Waals surface area contributed by atoms with Crippen LogP contribution in [-0.2, 0) is 20.8 Å². The third-order valence-corrected chi connectivity index (χ3v) is 16.7. The number of aliphatic carboxylic acids is 1. The van der Waals surface area contributed by atoms with Crippen molar-refractivity contribution in [1.29, 1.82) is 0 Å². The standard InChI is InChI=1S/C24H30O2.C23H29.C22H27.C9H10.C8H8.C4H9.C4H6.CO2.CH4.4Li/c1-3-21(23-12-8-5-9-13-23)11-7-4-6-10-19(2)22-16-14-20(15-17-22)18-24(25)26;1-4-21(23-13-9-6-10-14-23)12-8-5-7-11-20(3)22-17-15-19(2)16-18-22;1-3-21(22-13-9-6-10-14-22)12-8-5-4-7-11-20-17-15-19(2)16-18-20;1-3-9-6-4-8(2)5-7-9;1-2-8-6-4-3-5-7-8;2*1-3-4-2;2-1-3;;;;;/h4-5,7-9,12-17,19,21H,3,6,10-11,18H2,1-2H3,(H,25,26);5-6,8-10,13-18,20-21H,2,4,7,11-12H2,1,3H3;5-6,8-11,13-18,21H,3-4,7,12H2,1-2H3;3-7H,1H2,2H3;2-7H,1H2;1,3-4H2,2H3;3-4H,1-2H2;;1H4;;;;/q;2*-1;;;-1;;;;4*+1/p-1/b7-4+;2*8-5+;;;;;;;;;;. The molecule has 0 radical (unpaired) electrons. The minimum atomic E-state index is -1.03. The molecule has 0 N–H and O–H groups in total. The fraction of sp³-hybridized carbons (Fsp3) is 0.302. The van der Waals surface area contributed by atoms with E-state index in [1.54, 1.807) is 12.2 Å². The van der Waals surface area contributed by atoms with Crippen molar-refractivity contribution in [3.63, 3.8) is 0 Å². The van der Waals surface area contributed by atoms with E-state index in [1.807, 2.05) is 66.7 Å². The fourth-order valence-electron chi connectivity index (χ4n) is 10.3. The predicted octanol–water partition coefficient (Wildman–Crippen LogP) is 14.4. The normalized spacial score (nSPS) is 11.1. The Morgan fingerprint density at radius 1 is 0.462 bits per heavy atom. The van der Waals surface area contributed by atoms with Gasteiger partial charge in [-0.05, 0) is 153 Å². The smallest absolute Gasteiger partial charge is 0.550 e. The van der Waals surface area contributed by atoms with Crippen molar-refractivity contribution < 1.29 is 94.9 Å². The SMILES string of the molecule is C.C=CC=C.C=Cc1ccc(C)cc1.C=Cc1ccccc1.CCC(C/C=C/CCC(C)c1ccc(CC(=O)[O-])cc1)c1ccccc1.CCC(C/C=C/CC[CH-]c1ccc(C)cc1)c1ccccc1.O=C=O.[CH2-]CCC.[CH2-]c1ccc(C(C)CC/C=C/CC(CC)c2ccccc2)cc1.[Li+].[Li+].[Li+].[Li+]. The molecular weight excluding hydrogens is 1240 g/mol. The number of carbonyl (C=O) groups excluding carboxylic acids is 3. The minimum Gasteiger partial charge on any atom is -0.550 e. The molecule has 0 spiro atoms. The van der Waals surface area contributed by atoms with Gasteiger partial charge in [0, 0.05) is 12.4 Å². The zero-order chi connectivity index (χ0) is 72.9. The van der Waals surface area contributed by atoms with E-state index in [-0.39, 0.29) is 95.4 Å². The first-order valence-corrected chi connectivity index (χ1v) is 35.7. The first-order chi connectivity index (χ1) is 48.1. The summed E-state index contributed by atoms with van der Waals surface area (Å²) in [5.41, 5.74) is 15.2. The van der Waals surface area contributed by atoms with Crippen molar-refractivity contribution in [2.45, 2.75) is 189 Å². The van der Waals surface area contributed by atoms with Crippen LogP contribution in [0.25, 0.3) is 12.2 Å². The van der Waals surface area contributed by atoms with Crippen molar-refractivity contribution in [2.75, 3.05) is 0 Å². The summed E-state index contributed by atoms with van der Waals surface area (Å²) in [6.45, 7) is 39.2. The Hall–Kier alpha value is -7.08. The molecule has 0 aliphatic heterocycles. The monoisotopic (exact) mass is 1370 g/mol. The van der Waals surface area contributed by atoms with Crippen LogP contribution in [0.5, 0.6) is 0 Å². The number of carbonyl (C=O) groups is 1. The number of allylic oxidation sites excluding steroid dienone is 8. The maximum atomic E-state index is 10.6. The predicted molar refractivity (Wildman–Crippen MR) is 435 cm³/mol. The molecule has 0 saturated heterocycles. The van der Waals surface area contributed by atoms with E-state index in [9.17, 15) is 9.90 Å². The molecule has 0 aromatic heterocycles. The molecule has 0 amide bonds. The number of carboxylic acids is 1. The van der Waals surface area contributed by atoms with E-state index in [0.29, 0.717) is 29.6 Å². The molecule has 8 aromatic carbocycles. The topological polar surface area (TPSA) is 74.3 Å². The van der Waals surface area contributed by atoms with Gasteiger partial charge in [0.2, 0.25) is 0 Å². The van der Waals surface area contributed by atoms with Gasteiger partial charge in [-0.3, -0.25) is 0 Å². The number of carboxylic acid groups (broad SMARTS) is 1. The maximum Gasteiger partial charge on any atom is 1.00 e. The number of benzene rings is 8. The van der Waals surface area contributed by atoms with Gasteiger partial charge in [-0.2, -0.15) is 64.7 Å². The number of unbranched alkanes of at least 4 members (excludes halogenated alkanes) is 2. The largest absolute Gasteiger partial charge is 1.00 e. The fourth-order valence-corrected chi connectivity index (χ4v) is 10.3. The van der Waals surface area contributed by atoms with Crippen molar-refractivity contribution >= 4 is 24.3 Å². The second-order valence-corrected chi connectivity index (χ2v) is 24.5. The average Bonchev–Trinajstić information content (AvgIpc) is 1.06. The summed E-state index contributed by atoms with van der Waals surface area (Å²) in [6, 6.07) is 76.0. The van der Waals surface area contributed by atoms with Gasteiger partial charge in [0.15, 0.2) is 0 Å². The Kier molecular flexibility index (Phi) is 72.6. The van der Waals surface area contributed by atoms with Crippen LogP contribution >= 0.6 is 0 Å². The number of hydrogen-bond donors (Lipinski definition) is 0. The third kappa shape index (κ3) is 52.8. The molecule has 8 heteroatoms. The van der Waals surface area contributed by atoms with Crippen LogP contribution in [0.15, 0.2) is 293 Å². The molecule has 0 aliphatic rings. The second kappa shape index (κ2) is 71.5. The van der Waals surface area contributed by atoms with Gasteiger partial charge in [0.1, 0.15) is 0 Å². The first-order valence-electron chi connectivity index (χ1n) is 35.7. The van der Waals surface area contributed by atoms with Crippen LogP contribution in [0.4, 0.5) is 0 Å². The van der Waals surface area contributed by atoms with Crippen molar-refractivity contribution in [1.82, 2.24) is 0 Å². The molecule has 0 bridgehead atoms. The van der Waals surface area contributed by atoms with E-state index in [1.165, 1.54) is 81.3 Å². The number of rotatable bonds is 30.